The lowest BCUT2D eigenvalue weighted by Gasteiger charge is -2.39. The molecule has 0 amide bonds. The van der Waals surface area contributed by atoms with E-state index in [0.29, 0.717) is 6.61 Å². The van der Waals surface area contributed by atoms with Gasteiger partial charge in [-0.3, -0.25) is 0 Å². The summed E-state index contributed by atoms with van der Waals surface area (Å²) in [4.78, 5) is 2.23. The van der Waals surface area contributed by atoms with E-state index in [0.717, 1.165) is 24.3 Å². The van der Waals surface area contributed by atoms with Crippen molar-refractivity contribution in [3.63, 3.8) is 0 Å². The van der Waals surface area contributed by atoms with Crippen molar-refractivity contribution in [1.29, 1.82) is 0 Å². The first-order valence-electron chi connectivity index (χ1n) is 6.36. The zero-order chi connectivity index (χ0) is 13.3. The van der Waals surface area contributed by atoms with Gasteiger partial charge in [0, 0.05) is 36.4 Å². The number of ether oxygens (including phenoxy) is 1. The predicted molar refractivity (Wildman–Crippen MR) is 73.0 cm³/mol. The van der Waals surface area contributed by atoms with Crippen molar-refractivity contribution in [1.82, 2.24) is 0 Å². The summed E-state index contributed by atoms with van der Waals surface area (Å²) in [6.07, 6.45) is 0. The molecule has 100 valence electrons. The van der Waals surface area contributed by atoms with Gasteiger partial charge in [-0.15, -0.1) is 0 Å². The Balaban J connectivity index is 2.21. The van der Waals surface area contributed by atoms with Crippen molar-refractivity contribution in [3.8, 4) is 5.75 Å². The largest absolute Gasteiger partial charge is 0.508 e. The molecule has 1 aromatic rings. The van der Waals surface area contributed by atoms with Crippen molar-refractivity contribution in [2.45, 2.75) is 32.4 Å². The van der Waals surface area contributed by atoms with Crippen molar-refractivity contribution in [2.75, 3.05) is 24.6 Å². The Kier molecular flexibility index (Phi) is 3.50. The number of hydrogen-bond acceptors (Lipinski definition) is 4. The van der Waals surface area contributed by atoms with Gasteiger partial charge < -0.3 is 20.5 Å². The Hall–Kier alpha value is -1.26. The minimum atomic E-state index is -0.153. The molecule has 0 radical (unpaired) electrons. The van der Waals surface area contributed by atoms with Gasteiger partial charge in [-0.1, -0.05) is 6.07 Å². The van der Waals surface area contributed by atoms with Gasteiger partial charge in [0.25, 0.3) is 0 Å². The smallest absolute Gasteiger partial charge is 0.122 e. The molecular weight excluding hydrogens is 228 g/mol. The third-order valence-electron chi connectivity index (χ3n) is 3.30. The number of hydrogen-bond donors (Lipinski definition) is 2. The van der Waals surface area contributed by atoms with Gasteiger partial charge in [-0.25, -0.2) is 0 Å². The van der Waals surface area contributed by atoms with E-state index in [-0.39, 0.29) is 17.4 Å². The normalized spacial score (nSPS) is 20.8. The van der Waals surface area contributed by atoms with Crippen LogP contribution in [0.1, 0.15) is 32.4 Å². The van der Waals surface area contributed by atoms with Gasteiger partial charge in [0.05, 0.1) is 12.2 Å². The molecule has 0 aromatic heterocycles. The SMILES string of the molecule is CC(N)c1ccc(N2CCOC(C)(C)C2)cc1O. The average Bonchev–Trinajstić information content (AvgIpc) is 2.27. The Morgan fingerprint density at radius 2 is 2.17 bits per heavy atom. The fourth-order valence-corrected chi connectivity index (χ4v) is 2.35. The molecule has 1 saturated heterocycles. The Bertz CT molecular complexity index is 430. The van der Waals surface area contributed by atoms with E-state index in [1.54, 1.807) is 6.07 Å². The first-order valence-corrected chi connectivity index (χ1v) is 6.36. The van der Waals surface area contributed by atoms with Crippen LogP contribution in [0.3, 0.4) is 0 Å². The second-order valence-electron chi connectivity index (χ2n) is 5.56. The van der Waals surface area contributed by atoms with Crippen LogP contribution < -0.4 is 10.6 Å². The fraction of sp³-hybridized carbons (Fsp3) is 0.571. The third kappa shape index (κ3) is 2.76. The number of phenols is 1. The molecule has 1 fully saturated rings. The van der Waals surface area contributed by atoms with Gasteiger partial charge in [0.2, 0.25) is 0 Å². The van der Waals surface area contributed by atoms with Crippen LogP contribution in [0.4, 0.5) is 5.69 Å². The maximum atomic E-state index is 9.98. The quantitative estimate of drug-likeness (QED) is 0.843. The Labute approximate surface area is 108 Å². The summed E-state index contributed by atoms with van der Waals surface area (Å²) in [5, 5.41) is 9.98. The van der Waals surface area contributed by atoms with E-state index in [1.807, 2.05) is 19.1 Å². The molecule has 0 aliphatic carbocycles. The fourth-order valence-electron chi connectivity index (χ4n) is 2.35. The number of nitrogens with zero attached hydrogens (tertiary/aromatic N) is 1. The molecule has 0 bridgehead atoms. The van der Waals surface area contributed by atoms with Crippen LogP contribution in [0.5, 0.6) is 5.75 Å². The van der Waals surface area contributed by atoms with Crippen LogP contribution in [-0.2, 0) is 4.74 Å². The number of nitrogens with two attached hydrogens (primary N) is 1. The van der Waals surface area contributed by atoms with Crippen LogP contribution in [0.15, 0.2) is 18.2 Å². The van der Waals surface area contributed by atoms with Gasteiger partial charge in [0.1, 0.15) is 5.75 Å². The summed E-state index contributed by atoms with van der Waals surface area (Å²) in [6.45, 7) is 8.41. The molecule has 1 aromatic carbocycles. The maximum Gasteiger partial charge on any atom is 0.122 e. The summed E-state index contributed by atoms with van der Waals surface area (Å²) in [7, 11) is 0. The third-order valence-corrected chi connectivity index (χ3v) is 3.30. The zero-order valence-corrected chi connectivity index (χ0v) is 11.3. The second-order valence-corrected chi connectivity index (χ2v) is 5.56. The molecule has 18 heavy (non-hydrogen) atoms. The van der Waals surface area contributed by atoms with Gasteiger partial charge in [-0.05, 0) is 26.8 Å². The number of aromatic hydroxyl groups is 1. The molecule has 1 heterocycles. The number of benzene rings is 1. The Morgan fingerprint density at radius 1 is 1.44 bits per heavy atom. The molecule has 3 N–H and O–H groups in total. The highest BCUT2D eigenvalue weighted by Crippen LogP contribution is 2.30. The van der Waals surface area contributed by atoms with E-state index in [1.165, 1.54) is 0 Å². The van der Waals surface area contributed by atoms with Crippen molar-refractivity contribution in [2.24, 2.45) is 5.73 Å². The summed E-state index contributed by atoms with van der Waals surface area (Å²) < 4.78 is 5.69. The van der Waals surface area contributed by atoms with E-state index >= 15 is 0 Å². The number of phenolic OH excluding ortho intramolecular Hbond substituents is 1. The highest BCUT2D eigenvalue weighted by atomic mass is 16.5. The van der Waals surface area contributed by atoms with Crippen LogP contribution in [0, 0.1) is 0 Å². The molecule has 0 spiro atoms. The number of rotatable bonds is 2. The molecule has 4 heteroatoms. The van der Waals surface area contributed by atoms with E-state index in [9.17, 15) is 5.11 Å². The summed E-state index contributed by atoms with van der Waals surface area (Å²) in [5.74, 6) is 0.270. The Morgan fingerprint density at radius 3 is 2.72 bits per heavy atom. The molecular formula is C14H22N2O2. The molecule has 2 rings (SSSR count). The van der Waals surface area contributed by atoms with E-state index in [2.05, 4.69) is 18.7 Å². The maximum absolute atomic E-state index is 9.98. The zero-order valence-electron chi connectivity index (χ0n) is 11.3. The topological polar surface area (TPSA) is 58.7 Å². The van der Waals surface area contributed by atoms with Crippen molar-refractivity contribution in [3.05, 3.63) is 23.8 Å². The second kappa shape index (κ2) is 4.78. The first kappa shape index (κ1) is 13.2. The number of anilines is 1. The minimum absolute atomic E-state index is 0.145. The molecule has 1 aliphatic heterocycles. The molecule has 4 nitrogen and oxygen atoms in total. The van der Waals surface area contributed by atoms with Crippen LogP contribution in [-0.4, -0.2) is 30.4 Å². The van der Waals surface area contributed by atoms with Crippen molar-refractivity contribution >= 4 is 5.69 Å². The first-order chi connectivity index (χ1) is 8.39. The summed E-state index contributed by atoms with van der Waals surface area (Å²) in [5.41, 5.74) is 7.45. The van der Waals surface area contributed by atoms with Crippen LogP contribution in [0.2, 0.25) is 0 Å². The molecule has 1 aliphatic rings. The molecule has 0 saturated carbocycles. The van der Waals surface area contributed by atoms with Crippen molar-refractivity contribution < 1.29 is 9.84 Å². The van der Waals surface area contributed by atoms with Gasteiger partial charge in [0.15, 0.2) is 0 Å². The van der Waals surface area contributed by atoms with Gasteiger partial charge in [-0.2, -0.15) is 0 Å². The lowest BCUT2D eigenvalue weighted by molar-refractivity contribution is -0.0277. The monoisotopic (exact) mass is 250 g/mol. The summed E-state index contributed by atoms with van der Waals surface area (Å²) >= 11 is 0. The average molecular weight is 250 g/mol. The minimum Gasteiger partial charge on any atom is -0.508 e. The number of morpholine rings is 1. The van der Waals surface area contributed by atoms with Crippen LogP contribution in [0.25, 0.3) is 0 Å². The predicted octanol–water partition coefficient (Wildman–Crippen LogP) is 2.03. The standard InChI is InChI=1S/C14H22N2O2/c1-10(15)12-5-4-11(8-13(12)17)16-6-7-18-14(2,3)9-16/h4-5,8,10,17H,6-7,9,15H2,1-3H3. The molecule has 1 unspecified atom stereocenters. The van der Waals surface area contributed by atoms with Crippen LogP contribution >= 0.6 is 0 Å². The summed E-state index contributed by atoms with van der Waals surface area (Å²) in [6, 6.07) is 5.55. The van der Waals surface area contributed by atoms with E-state index in [4.69, 9.17) is 10.5 Å². The van der Waals surface area contributed by atoms with Gasteiger partial charge >= 0.3 is 0 Å². The molecule has 1 atom stereocenters. The lowest BCUT2D eigenvalue weighted by Crippen LogP contribution is -2.48. The van der Waals surface area contributed by atoms with E-state index < -0.39 is 0 Å². The lowest BCUT2D eigenvalue weighted by atomic mass is 10.0. The highest BCUT2D eigenvalue weighted by Gasteiger charge is 2.27. The highest BCUT2D eigenvalue weighted by molar-refractivity contribution is 5.54.